The second-order valence-electron chi connectivity index (χ2n) is 10.2. The SMILES string of the molecule is CCOC(=O)N1CC=C(c2cccn3nc(Nc4ccc(C(=O)NCCN5CCC(C)CC5)cc4)nc23)CC1. The van der Waals surface area contributed by atoms with Gasteiger partial charge in [0.05, 0.1) is 6.61 Å². The van der Waals surface area contributed by atoms with Gasteiger partial charge in [-0.1, -0.05) is 13.0 Å². The Labute approximate surface area is 229 Å². The highest BCUT2D eigenvalue weighted by Gasteiger charge is 2.21. The molecule has 39 heavy (non-hydrogen) atoms. The van der Waals surface area contributed by atoms with Gasteiger partial charge >= 0.3 is 6.09 Å². The molecule has 0 bridgehead atoms. The van der Waals surface area contributed by atoms with Crippen molar-refractivity contribution in [1.29, 1.82) is 0 Å². The van der Waals surface area contributed by atoms with E-state index in [0.29, 0.717) is 37.8 Å². The number of piperidine rings is 1. The third-order valence-corrected chi connectivity index (χ3v) is 7.44. The molecule has 2 amide bonds. The first-order valence-electron chi connectivity index (χ1n) is 13.8. The summed E-state index contributed by atoms with van der Waals surface area (Å²) in [6.45, 7) is 9.35. The molecule has 1 fully saturated rings. The van der Waals surface area contributed by atoms with Gasteiger partial charge in [-0.05, 0) is 87.2 Å². The standard InChI is InChI=1S/C29H37N7O3/c1-3-39-29(38)35-18-12-22(13-19-35)25-5-4-15-36-26(25)32-28(33-36)31-24-8-6-23(7-9-24)27(37)30-14-20-34-16-10-21(2)11-17-34/h4-9,12,15,21H,3,10-11,13-14,16-20H2,1-2H3,(H,30,37)(H,31,33). The maximum absolute atomic E-state index is 12.6. The van der Waals surface area contributed by atoms with E-state index in [0.717, 1.165) is 54.4 Å². The fourth-order valence-corrected chi connectivity index (χ4v) is 5.05. The minimum absolute atomic E-state index is 0.0651. The second-order valence-corrected chi connectivity index (χ2v) is 10.2. The lowest BCUT2D eigenvalue weighted by Crippen LogP contribution is -2.39. The molecular formula is C29H37N7O3. The minimum Gasteiger partial charge on any atom is -0.450 e. The number of anilines is 2. The van der Waals surface area contributed by atoms with Gasteiger partial charge in [0, 0.05) is 49.2 Å². The van der Waals surface area contributed by atoms with E-state index in [4.69, 9.17) is 9.72 Å². The Kier molecular flexibility index (Phi) is 8.41. The fourth-order valence-electron chi connectivity index (χ4n) is 5.05. The van der Waals surface area contributed by atoms with Crippen LogP contribution >= 0.6 is 0 Å². The predicted molar refractivity (Wildman–Crippen MR) is 151 cm³/mol. The number of benzene rings is 1. The highest BCUT2D eigenvalue weighted by atomic mass is 16.6. The second kappa shape index (κ2) is 12.3. The summed E-state index contributed by atoms with van der Waals surface area (Å²) in [7, 11) is 0. The summed E-state index contributed by atoms with van der Waals surface area (Å²) in [5.74, 6) is 1.21. The first kappa shape index (κ1) is 26.7. The monoisotopic (exact) mass is 531 g/mol. The summed E-state index contributed by atoms with van der Waals surface area (Å²) in [6, 6.07) is 11.3. The number of rotatable bonds is 8. The molecular weight excluding hydrogens is 494 g/mol. The molecule has 4 heterocycles. The van der Waals surface area contributed by atoms with Crippen LogP contribution in [0.4, 0.5) is 16.4 Å². The van der Waals surface area contributed by atoms with Crippen molar-refractivity contribution in [2.24, 2.45) is 5.92 Å². The molecule has 3 aromatic rings. The third-order valence-electron chi connectivity index (χ3n) is 7.44. The lowest BCUT2D eigenvalue weighted by atomic mass is 9.99. The van der Waals surface area contributed by atoms with Gasteiger partial charge in [0.2, 0.25) is 5.95 Å². The van der Waals surface area contributed by atoms with Gasteiger partial charge in [0.25, 0.3) is 5.91 Å². The van der Waals surface area contributed by atoms with Gasteiger partial charge in [0.1, 0.15) is 0 Å². The Balaban J connectivity index is 1.18. The molecule has 0 saturated carbocycles. The molecule has 2 N–H and O–H groups in total. The average Bonchev–Trinajstić information content (AvgIpc) is 3.37. The molecule has 2 aromatic heterocycles. The maximum atomic E-state index is 12.6. The van der Waals surface area contributed by atoms with E-state index >= 15 is 0 Å². The molecule has 10 heteroatoms. The van der Waals surface area contributed by atoms with E-state index in [1.165, 1.54) is 12.8 Å². The number of pyridine rings is 1. The zero-order valence-corrected chi connectivity index (χ0v) is 22.7. The summed E-state index contributed by atoms with van der Waals surface area (Å²) >= 11 is 0. The predicted octanol–water partition coefficient (Wildman–Crippen LogP) is 4.18. The number of ether oxygens (including phenoxy) is 1. The van der Waals surface area contributed by atoms with E-state index in [1.807, 2.05) is 55.6 Å². The van der Waals surface area contributed by atoms with Crippen molar-refractivity contribution < 1.29 is 14.3 Å². The summed E-state index contributed by atoms with van der Waals surface area (Å²) in [6.07, 6.45) is 6.82. The smallest absolute Gasteiger partial charge is 0.410 e. The van der Waals surface area contributed by atoms with Crippen LogP contribution in [-0.2, 0) is 4.74 Å². The summed E-state index contributed by atoms with van der Waals surface area (Å²) < 4.78 is 6.87. The number of nitrogens with zero attached hydrogens (tertiary/aromatic N) is 5. The number of carbonyl (C=O) groups excluding carboxylic acids is 2. The fraction of sp³-hybridized carbons (Fsp3) is 0.448. The molecule has 10 nitrogen and oxygen atoms in total. The zero-order chi connectivity index (χ0) is 27.2. The minimum atomic E-state index is -0.282. The van der Waals surface area contributed by atoms with Crippen LogP contribution < -0.4 is 10.6 Å². The van der Waals surface area contributed by atoms with Gasteiger partial charge < -0.3 is 25.2 Å². The van der Waals surface area contributed by atoms with Gasteiger partial charge in [-0.3, -0.25) is 4.79 Å². The van der Waals surface area contributed by atoms with Crippen LogP contribution in [0.1, 0.15) is 49.0 Å². The Morgan fingerprint density at radius 3 is 2.62 bits per heavy atom. The highest BCUT2D eigenvalue weighted by molar-refractivity contribution is 5.94. The molecule has 0 atom stereocenters. The van der Waals surface area contributed by atoms with Crippen LogP contribution in [-0.4, -0.2) is 82.3 Å². The average molecular weight is 532 g/mol. The molecule has 0 unspecified atom stereocenters. The summed E-state index contributed by atoms with van der Waals surface area (Å²) in [5.41, 5.74) is 4.29. The van der Waals surface area contributed by atoms with E-state index in [2.05, 4.69) is 27.6 Å². The number of aromatic nitrogens is 3. The van der Waals surface area contributed by atoms with Crippen molar-refractivity contribution in [1.82, 2.24) is 29.7 Å². The van der Waals surface area contributed by atoms with Crippen molar-refractivity contribution in [3.8, 4) is 0 Å². The Hall–Kier alpha value is -3.92. The molecule has 0 spiro atoms. The largest absolute Gasteiger partial charge is 0.450 e. The molecule has 206 valence electrons. The number of likely N-dealkylation sites (tertiary alicyclic amines) is 1. The Bertz CT molecular complexity index is 1330. The Morgan fingerprint density at radius 1 is 1.10 bits per heavy atom. The van der Waals surface area contributed by atoms with Crippen molar-refractivity contribution in [3.63, 3.8) is 0 Å². The lowest BCUT2D eigenvalue weighted by Gasteiger charge is -2.30. The van der Waals surface area contributed by atoms with Crippen LogP contribution in [0.2, 0.25) is 0 Å². The number of nitrogens with one attached hydrogen (secondary N) is 2. The lowest BCUT2D eigenvalue weighted by molar-refractivity contribution is 0.0944. The van der Waals surface area contributed by atoms with Gasteiger partial charge in [-0.2, -0.15) is 4.98 Å². The van der Waals surface area contributed by atoms with E-state index in [1.54, 1.807) is 9.42 Å². The molecule has 5 rings (SSSR count). The first-order chi connectivity index (χ1) is 19.0. The van der Waals surface area contributed by atoms with Crippen molar-refractivity contribution in [2.75, 3.05) is 51.2 Å². The summed E-state index contributed by atoms with van der Waals surface area (Å²) in [4.78, 5) is 33.5. The molecule has 1 aromatic carbocycles. The number of carbonyl (C=O) groups is 2. The van der Waals surface area contributed by atoms with Crippen molar-refractivity contribution >= 4 is 34.9 Å². The number of hydrogen-bond donors (Lipinski definition) is 2. The quantitative estimate of drug-likeness (QED) is 0.449. The first-order valence-corrected chi connectivity index (χ1v) is 13.8. The molecule has 1 saturated heterocycles. The van der Waals surface area contributed by atoms with E-state index < -0.39 is 0 Å². The number of fused-ring (bicyclic) bond motifs is 1. The van der Waals surface area contributed by atoms with Gasteiger partial charge in [-0.25, -0.2) is 9.31 Å². The van der Waals surface area contributed by atoms with Gasteiger partial charge in [0.15, 0.2) is 5.65 Å². The van der Waals surface area contributed by atoms with Crippen LogP contribution in [0, 0.1) is 5.92 Å². The Morgan fingerprint density at radius 2 is 1.90 bits per heavy atom. The highest BCUT2D eigenvalue weighted by Crippen LogP contribution is 2.27. The molecule has 0 radical (unpaired) electrons. The van der Waals surface area contributed by atoms with Crippen molar-refractivity contribution in [3.05, 3.63) is 59.8 Å². The maximum Gasteiger partial charge on any atom is 0.410 e. The normalized spacial score (nSPS) is 16.7. The van der Waals surface area contributed by atoms with E-state index in [-0.39, 0.29) is 12.0 Å². The van der Waals surface area contributed by atoms with E-state index in [9.17, 15) is 9.59 Å². The topological polar surface area (TPSA) is 104 Å². The van der Waals surface area contributed by atoms with Crippen LogP contribution in [0.3, 0.4) is 0 Å². The zero-order valence-electron chi connectivity index (χ0n) is 22.7. The molecule has 2 aliphatic heterocycles. The van der Waals surface area contributed by atoms with Crippen LogP contribution in [0.15, 0.2) is 48.7 Å². The van der Waals surface area contributed by atoms with Crippen LogP contribution in [0.5, 0.6) is 0 Å². The van der Waals surface area contributed by atoms with Crippen LogP contribution in [0.25, 0.3) is 11.2 Å². The number of hydrogen-bond acceptors (Lipinski definition) is 7. The molecule has 0 aliphatic carbocycles. The summed E-state index contributed by atoms with van der Waals surface area (Å²) in [5, 5.41) is 10.9. The van der Waals surface area contributed by atoms with Crippen molar-refractivity contribution in [2.45, 2.75) is 33.1 Å². The molecule has 2 aliphatic rings. The number of amides is 2. The third kappa shape index (κ3) is 6.57. The van der Waals surface area contributed by atoms with Gasteiger partial charge in [-0.15, -0.1) is 5.10 Å².